The molecule has 0 radical (unpaired) electrons. The molecule has 0 saturated carbocycles. The molecule has 9 heteroatoms. The van der Waals surface area contributed by atoms with Gasteiger partial charge in [-0.25, -0.2) is 4.79 Å². The van der Waals surface area contributed by atoms with E-state index in [1.807, 2.05) is 18.2 Å². The molecule has 4 rings (SSSR count). The van der Waals surface area contributed by atoms with Crippen molar-refractivity contribution in [2.24, 2.45) is 0 Å². The third-order valence-electron chi connectivity index (χ3n) is 5.26. The molecule has 1 aliphatic rings. The number of alkyl halides is 3. The highest BCUT2D eigenvalue weighted by atomic mass is 19.4. The molecule has 0 atom stereocenters. The molecule has 0 fully saturated rings. The summed E-state index contributed by atoms with van der Waals surface area (Å²) in [5.41, 5.74) is 5.43. The fourth-order valence-corrected chi connectivity index (χ4v) is 3.84. The third-order valence-corrected chi connectivity index (χ3v) is 5.26. The molecular weight excluding hydrogens is 423 g/mol. The van der Waals surface area contributed by atoms with Gasteiger partial charge in [-0.2, -0.15) is 13.2 Å². The summed E-state index contributed by atoms with van der Waals surface area (Å²) in [5, 5.41) is 15.6. The zero-order valence-electron chi connectivity index (χ0n) is 17.7. The highest BCUT2D eigenvalue weighted by Crippen LogP contribution is 2.29. The first-order chi connectivity index (χ1) is 15.3. The Kier molecular flexibility index (Phi) is 7.63. The average molecular weight is 449 g/mol. The molecule has 2 aromatic carbocycles. The second kappa shape index (κ2) is 10.4. The minimum atomic E-state index is -5.08. The molecule has 6 nitrogen and oxygen atoms in total. The number of aryl methyl sites for hydroxylation is 1. The average Bonchev–Trinajstić information content (AvgIpc) is 3.11. The predicted molar refractivity (Wildman–Crippen MR) is 117 cm³/mol. The van der Waals surface area contributed by atoms with Gasteiger partial charge in [-0.05, 0) is 43.1 Å². The van der Waals surface area contributed by atoms with Crippen LogP contribution < -0.4 is 15.4 Å². The Labute approximate surface area is 184 Å². The first-order valence-corrected chi connectivity index (χ1v) is 10.3. The van der Waals surface area contributed by atoms with E-state index in [-0.39, 0.29) is 0 Å². The molecule has 1 aromatic heterocycles. The minimum absolute atomic E-state index is 0.899. The smallest absolute Gasteiger partial charge is 0.490 e. The molecule has 2 heterocycles. The second-order valence-corrected chi connectivity index (χ2v) is 7.30. The fraction of sp³-hybridized carbons (Fsp3) is 0.348. The van der Waals surface area contributed by atoms with Crippen LogP contribution in [0, 0.1) is 0 Å². The SMILES string of the molecule is COc1ccccc1NCCCn1c2c(c3ccccc31)CCNC2.O=C(O)C(F)(F)F. The molecular formula is C23H26F3N3O3. The maximum atomic E-state index is 10.6. The number of carboxylic acids is 1. The summed E-state index contributed by atoms with van der Waals surface area (Å²) in [5.74, 6) is -1.86. The Balaban J connectivity index is 0.000000360. The van der Waals surface area contributed by atoms with Gasteiger partial charge in [0.15, 0.2) is 0 Å². The summed E-state index contributed by atoms with van der Waals surface area (Å²) in [7, 11) is 1.71. The Morgan fingerprint density at radius 1 is 1.19 bits per heavy atom. The number of ether oxygens (including phenoxy) is 1. The number of para-hydroxylation sites is 3. The molecule has 1 aliphatic heterocycles. The minimum Gasteiger partial charge on any atom is -0.495 e. The van der Waals surface area contributed by atoms with Crippen LogP contribution in [0.5, 0.6) is 5.75 Å². The first-order valence-electron chi connectivity index (χ1n) is 10.3. The number of halogens is 3. The zero-order chi connectivity index (χ0) is 23.1. The lowest BCUT2D eigenvalue weighted by Crippen LogP contribution is -2.25. The van der Waals surface area contributed by atoms with Gasteiger partial charge in [-0.1, -0.05) is 30.3 Å². The monoisotopic (exact) mass is 449 g/mol. The van der Waals surface area contributed by atoms with Crippen molar-refractivity contribution in [1.29, 1.82) is 0 Å². The summed E-state index contributed by atoms with van der Waals surface area (Å²) < 4.78 is 39.6. The number of carbonyl (C=O) groups is 1. The van der Waals surface area contributed by atoms with Gasteiger partial charge < -0.3 is 25.0 Å². The van der Waals surface area contributed by atoms with Gasteiger partial charge in [0.25, 0.3) is 0 Å². The number of hydrogen-bond acceptors (Lipinski definition) is 4. The number of anilines is 1. The number of methoxy groups -OCH3 is 1. The predicted octanol–water partition coefficient (Wildman–Crippen LogP) is 4.43. The van der Waals surface area contributed by atoms with E-state index in [0.717, 1.165) is 50.5 Å². The Morgan fingerprint density at radius 2 is 1.88 bits per heavy atom. The van der Waals surface area contributed by atoms with Crippen LogP contribution in [0.2, 0.25) is 0 Å². The molecule has 0 saturated heterocycles. The van der Waals surface area contributed by atoms with Crippen molar-refractivity contribution in [3.63, 3.8) is 0 Å². The molecule has 0 spiro atoms. The maximum Gasteiger partial charge on any atom is 0.490 e. The van der Waals surface area contributed by atoms with Crippen LogP contribution in [0.15, 0.2) is 48.5 Å². The van der Waals surface area contributed by atoms with Crippen molar-refractivity contribution in [2.75, 3.05) is 25.5 Å². The topological polar surface area (TPSA) is 75.5 Å². The van der Waals surface area contributed by atoms with E-state index in [0.29, 0.717) is 0 Å². The summed E-state index contributed by atoms with van der Waals surface area (Å²) in [6.45, 7) is 4.01. The Hall–Kier alpha value is -3.20. The van der Waals surface area contributed by atoms with E-state index in [9.17, 15) is 13.2 Å². The van der Waals surface area contributed by atoms with Crippen LogP contribution in [0.3, 0.4) is 0 Å². The molecule has 0 aliphatic carbocycles. The second-order valence-electron chi connectivity index (χ2n) is 7.30. The van der Waals surface area contributed by atoms with Crippen molar-refractivity contribution in [3.05, 3.63) is 59.8 Å². The normalized spacial score (nSPS) is 13.1. The number of fused-ring (bicyclic) bond motifs is 3. The number of nitrogens with one attached hydrogen (secondary N) is 2. The van der Waals surface area contributed by atoms with E-state index in [1.165, 1.54) is 22.2 Å². The molecule has 0 amide bonds. The number of nitrogens with zero attached hydrogens (tertiary/aromatic N) is 1. The van der Waals surface area contributed by atoms with Gasteiger partial charge in [0.05, 0.1) is 12.8 Å². The summed E-state index contributed by atoms with van der Waals surface area (Å²) >= 11 is 0. The van der Waals surface area contributed by atoms with Crippen molar-refractivity contribution < 1.29 is 27.8 Å². The van der Waals surface area contributed by atoms with Crippen LogP contribution >= 0.6 is 0 Å². The Bertz CT molecular complexity index is 1060. The number of rotatable bonds is 6. The van der Waals surface area contributed by atoms with Crippen LogP contribution in [0.25, 0.3) is 10.9 Å². The summed E-state index contributed by atoms with van der Waals surface area (Å²) in [6, 6.07) is 16.9. The van der Waals surface area contributed by atoms with E-state index in [2.05, 4.69) is 45.5 Å². The summed E-state index contributed by atoms with van der Waals surface area (Å²) in [4.78, 5) is 8.90. The van der Waals surface area contributed by atoms with Crippen LogP contribution in [0.4, 0.5) is 18.9 Å². The third kappa shape index (κ3) is 5.53. The van der Waals surface area contributed by atoms with E-state index >= 15 is 0 Å². The zero-order valence-corrected chi connectivity index (χ0v) is 17.7. The number of aliphatic carboxylic acids is 1. The van der Waals surface area contributed by atoms with Crippen LogP contribution in [-0.2, 0) is 24.3 Å². The van der Waals surface area contributed by atoms with Gasteiger partial charge in [-0.15, -0.1) is 0 Å². The Morgan fingerprint density at radius 3 is 2.59 bits per heavy atom. The molecule has 0 unspecified atom stereocenters. The number of carboxylic acid groups (broad SMARTS) is 1. The highest BCUT2D eigenvalue weighted by Gasteiger charge is 2.38. The van der Waals surface area contributed by atoms with E-state index < -0.39 is 12.1 Å². The van der Waals surface area contributed by atoms with Gasteiger partial charge >= 0.3 is 12.1 Å². The number of aromatic nitrogens is 1. The largest absolute Gasteiger partial charge is 0.495 e. The maximum absolute atomic E-state index is 10.6. The number of benzene rings is 2. The molecule has 32 heavy (non-hydrogen) atoms. The van der Waals surface area contributed by atoms with Gasteiger partial charge in [0.1, 0.15) is 5.75 Å². The van der Waals surface area contributed by atoms with Crippen molar-refractivity contribution in [3.8, 4) is 5.75 Å². The van der Waals surface area contributed by atoms with Crippen LogP contribution in [0.1, 0.15) is 17.7 Å². The lowest BCUT2D eigenvalue weighted by Gasteiger charge is -2.17. The summed E-state index contributed by atoms with van der Waals surface area (Å²) in [6.07, 6.45) is -2.88. The van der Waals surface area contributed by atoms with E-state index in [4.69, 9.17) is 14.6 Å². The standard InChI is InChI=1S/C21H25N3O.C2HF3O2/c1-25-21-10-5-3-8-18(21)23-12-6-14-24-19-9-4-2-7-16(19)17-11-13-22-15-20(17)24;3-2(4,5)1(6)7/h2-5,7-10,22-23H,6,11-15H2,1H3;(H,6,7). The van der Waals surface area contributed by atoms with Crippen molar-refractivity contribution in [2.45, 2.75) is 32.1 Å². The molecule has 172 valence electrons. The number of hydrogen-bond donors (Lipinski definition) is 3. The lowest BCUT2D eigenvalue weighted by molar-refractivity contribution is -0.192. The van der Waals surface area contributed by atoms with Gasteiger partial charge in [-0.3, -0.25) is 0 Å². The fourth-order valence-electron chi connectivity index (χ4n) is 3.84. The van der Waals surface area contributed by atoms with E-state index in [1.54, 1.807) is 7.11 Å². The van der Waals surface area contributed by atoms with Crippen molar-refractivity contribution in [1.82, 2.24) is 9.88 Å². The quantitative estimate of drug-likeness (QED) is 0.486. The van der Waals surface area contributed by atoms with Gasteiger partial charge in [0.2, 0.25) is 0 Å². The molecule has 3 aromatic rings. The highest BCUT2D eigenvalue weighted by molar-refractivity contribution is 5.85. The van der Waals surface area contributed by atoms with Gasteiger partial charge in [0, 0.05) is 36.2 Å². The lowest BCUT2D eigenvalue weighted by atomic mass is 10.1. The van der Waals surface area contributed by atoms with Crippen LogP contribution in [-0.4, -0.2) is 42.0 Å². The molecule has 0 bridgehead atoms. The van der Waals surface area contributed by atoms with Crippen molar-refractivity contribution >= 4 is 22.6 Å². The molecule has 3 N–H and O–H groups in total. The first kappa shape index (κ1) is 23.5.